The minimum absolute atomic E-state index is 0.0163. The number of benzene rings is 2. The molecule has 1 aliphatic heterocycles. The Labute approximate surface area is 173 Å². The van der Waals surface area contributed by atoms with Crippen LogP contribution >= 0.6 is 11.6 Å². The Morgan fingerprint density at radius 3 is 2.21 bits per heavy atom. The molecular formula is C23H30ClNO3. The molecule has 0 aliphatic carbocycles. The van der Waals surface area contributed by atoms with E-state index in [0.717, 1.165) is 49.7 Å². The Morgan fingerprint density at radius 2 is 1.68 bits per heavy atom. The van der Waals surface area contributed by atoms with E-state index in [1.54, 1.807) is 7.11 Å². The molecule has 0 spiro atoms. The van der Waals surface area contributed by atoms with Crippen molar-refractivity contribution in [3.63, 3.8) is 0 Å². The molecule has 2 aromatic carbocycles. The molecule has 2 atom stereocenters. The van der Waals surface area contributed by atoms with Crippen LogP contribution in [-0.2, 0) is 10.3 Å². The summed E-state index contributed by atoms with van der Waals surface area (Å²) in [4.78, 5) is 2.37. The molecule has 28 heavy (non-hydrogen) atoms. The van der Waals surface area contributed by atoms with Crippen LogP contribution in [0, 0.1) is 5.92 Å². The number of rotatable bonds is 7. The van der Waals surface area contributed by atoms with E-state index >= 15 is 0 Å². The molecule has 1 aliphatic rings. The Hall–Kier alpha value is -1.59. The quantitative estimate of drug-likeness (QED) is 0.748. The van der Waals surface area contributed by atoms with E-state index in [1.807, 2.05) is 48.5 Å². The molecule has 3 rings (SSSR count). The first-order valence-corrected chi connectivity index (χ1v) is 10.3. The highest BCUT2D eigenvalue weighted by molar-refractivity contribution is 6.30. The van der Waals surface area contributed by atoms with Gasteiger partial charge in [0.15, 0.2) is 0 Å². The summed E-state index contributed by atoms with van der Waals surface area (Å²) in [6, 6.07) is 15.6. The lowest BCUT2D eigenvalue weighted by Crippen LogP contribution is -2.47. The highest BCUT2D eigenvalue weighted by atomic mass is 35.5. The van der Waals surface area contributed by atoms with Crippen molar-refractivity contribution in [2.45, 2.75) is 25.4 Å². The number of morpholine rings is 1. The van der Waals surface area contributed by atoms with Crippen molar-refractivity contribution in [3.05, 3.63) is 64.7 Å². The summed E-state index contributed by atoms with van der Waals surface area (Å²) < 4.78 is 10.8. The summed E-state index contributed by atoms with van der Waals surface area (Å²) in [5.41, 5.74) is 0.956. The second-order valence-electron chi connectivity index (χ2n) is 7.73. The van der Waals surface area contributed by atoms with E-state index in [0.29, 0.717) is 5.02 Å². The summed E-state index contributed by atoms with van der Waals surface area (Å²) in [6.07, 6.45) is 0. The average Bonchev–Trinajstić information content (AvgIpc) is 2.73. The number of aliphatic hydroxyl groups is 1. The maximum Gasteiger partial charge on any atom is 0.118 e. The summed E-state index contributed by atoms with van der Waals surface area (Å²) in [7, 11) is 1.65. The Kier molecular flexibility index (Phi) is 7.00. The second-order valence-corrected chi connectivity index (χ2v) is 8.16. The third-order valence-electron chi connectivity index (χ3n) is 5.78. The van der Waals surface area contributed by atoms with Crippen LogP contribution in [0.25, 0.3) is 0 Å². The lowest BCUT2D eigenvalue weighted by Gasteiger charge is -2.43. The molecule has 0 unspecified atom stereocenters. The van der Waals surface area contributed by atoms with Crippen molar-refractivity contribution in [2.75, 3.05) is 40.0 Å². The van der Waals surface area contributed by atoms with Crippen LogP contribution in [-0.4, -0.2) is 50.0 Å². The Bertz CT molecular complexity index is 741. The Morgan fingerprint density at radius 1 is 1.07 bits per heavy atom. The molecule has 152 valence electrons. The van der Waals surface area contributed by atoms with E-state index in [9.17, 15) is 5.11 Å². The average molecular weight is 404 g/mol. The lowest BCUT2D eigenvalue weighted by molar-refractivity contribution is -0.0547. The molecule has 1 saturated heterocycles. The van der Waals surface area contributed by atoms with E-state index < -0.39 is 5.60 Å². The van der Waals surface area contributed by atoms with Gasteiger partial charge in [0.05, 0.1) is 25.9 Å². The first kappa shape index (κ1) is 21.1. The number of nitrogens with zero attached hydrogens (tertiary/aromatic N) is 1. The summed E-state index contributed by atoms with van der Waals surface area (Å²) in [6.45, 7) is 8.12. The first-order valence-electron chi connectivity index (χ1n) is 9.87. The van der Waals surface area contributed by atoms with E-state index in [-0.39, 0.29) is 11.8 Å². The van der Waals surface area contributed by atoms with Crippen molar-refractivity contribution >= 4 is 11.6 Å². The van der Waals surface area contributed by atoms with Crippen LogP contribution in [0.4, 0.5) is 0 Å². The molecule has 0 bridgehead atoms. The maximum atomic E-state index is 12.1. The monoisotopic (exact) mass is 403 g/mol. The van der Waals surface area contributed by atoms with Crippen molar-refractivity contribution in [1.29, 1.82) is 0 Å². The fourth-order valence-electron chi connectivity index (χ4n) is 4.03. The van der Waals surface area contributed by atoms with Gasteiger partial charge in [0.25, 0.3) is 0 Å². The Balaban J connectivity index is 2.03. The van der Waals surface area contributed by atoms with Gasteiger partial charge in [-0.1, -0.05) is 49.7 Å². The van der Waals surface area contributed by atoms with Gasteiger partial charge in [-0.3, -0.25) is 4.90 Å². The third-order valence-corrected chi connectivity index (χ3v) is 6.03. The van der Waals surface area contributed by atoms with Gasteiger partial charge in [-0.15, -0.1) is 0 Å². The molecule has 1 heterocycles. The zero-order valence-corrected chi connectivity index (χ0v) is 17.7. The zero-order valence-electron chi connectivity index (χ0n) is 16.9. The molecule has 0 radical (unpaired) electrons. The van der Waals surface area contributed by atoms with E-state index in [2.05, 4.69) is 18.7 Å². The molecule has 0 amide bonds. The van der Waals surface area contributed by atoms with Crippen LogP contribution < -0.4 is 4.74 Å². The summed E-state index contributed by atoms with van der Waals surface area (Å²) in [5, 5.41) is 12.8. The highest BCUT2D eigenvalue weighted by Gasteiger charge is 2.43. The zero-order chi connectivity index (χ0) is 20.1. The van der Waals surface area contributed by atoms with E-state index in [4.69, 9.17) is 21.1 Å². The standard InChI is InChI=1S/C23H30ClNO3/c1-17(2)23(26,19-6-10-21(27-3)11-7-19)22(16-25-12-14-28-15-13-25)18-4-8-20(24)9-5-18/h4-11,17,22,26H,12-16H2,1-3H3/t22-,23+/m0/s1. The molecule has 0 aromatic heterocycles. The predicted molar refractivity (Wildman–Crippen MR) is 113 cm³/mol. The SMILES string of the molecule is COc1ccc([C@](O)(C(C)C)[C@@H](CN2CCOCC2)c2ccc(Cl)cc2)cc1. The first-order chi connectivity index (χ1) is 13.4. The van der Waals surface area contributed by atoms with Gasteiger partial charge in [0, 0.05) is 30.6 Å². The van der Waals surface area contributed by atoms with Crippen molar-refractivity contribution in [3.8, 4) is 5.75 Å². The van der Waals surface area contributed by atoms with Gasteiger partial charge in [0.1, 0.15) is 5.75 Å². The van der Waals surface area contributed by atoms with Crippen molar-refractivity contribution in [2.24, 2.45) is 5.92 Å². The lowest BCUT2D eigenvalue weighted by atomic mass is 9.70. The maximum absolute atomic E-state index is 12.1. The fraction of sp³-hybridized carbons (Fsp3) is 0.478. The van der Waals surface area contributed by atoms with Gasteiger partial charge < -0.3 is 14.6 Å². The second kappa shape index (κ2) is 9.27. The van der Waals surface area contributed by atoms with E-state index in [1.165, 1.54) is 0 Å². The molecule has 1 N–H and O–H groups in total. The smallest absolute Gasteiger partial charge is 0.118 e. The molecule has 5 heteroatoms. The number of hydrogen-bond acceptors (Lipinski definition) is 4. The number of halogens is 1. The minimum atomic E-state index is -1.03. The number of ether oxygens (including phenoxy) is 2. The van der Waals surface area contributed by atoms with Gasteiger partial charge in [0.2, 0.25) is 0 Å². The molecule has 2 aromatic rings. The summed E-state index contributed by atoms with van der Waals surface area (Å²) in [5.74, 6) is 0.699. The largest absolute Gasteiger partial charge is 0.497 e. The third kappa shape index (κ3) is 4.52. The fourth-order valence-corrected chi connectivity index (χ4v) is 4.16. The van der Waals surface area contributed by atoms with Gasteiger partial charge >= 0.3 is 0 Å². The normalized spacial score (nSPS) is 18.6. The van der Waals surface area contributed by atoms with Crippen molar-refractivity contribution in [1.82, 2.24) is 4.90 Å². The van der Waals surface area contributed by atoms with Crippen LogP contribution in [0.3, 0.4) is 0 Å². The van der Waals surface area contributed by atoms with Gasteiger partial charge in [-0.25, -0.2) is 0 Å². The highest BCUT2D eigenvalue weighted by Crippen LogP contribution is 2.44. The van der Waals surface area contributed by atoms with Gasteiger partial charge in [-0.2, -0.15) is 0 Å². The van der Waals surface area contributed by atoms with Crippen molar-refractivity contribution < 1.29 is 14.6 Å². The molecular weight excluding hydrogens is 374 g/mol. The van der Waals surface area contributed by atoms with Gasteiger partial charge in [-0.05, 0) is 41.3 Å². The van der Waals surface area contributed by atoms with Crippen LogP contribution in [0.2, 0.25) is 5.02 Å². The number of hydrogen-bond donors (Lipinski definition) is 1. The topological polar surface area (TPSA) is 41.9 Å². The van der Waals surface area contributed by atoms with Crippen LogP contribution in [0.15, 0.2) is 48.5 Å². The predicted octanol–water partition coefficient (Wildman–Crippen LogP) is 4.31. The van der Waals surface area contributed by atoms with Crippen LogP contribution in [0.5, 0.6) is 5.75 Å². The molecule has 0 saturated carbocycles. The summed E-state index contributed by atoms with van der Waals surface area (Å²) >= 11 is 6.13. The number of methoxy groups -OCH3 is 1. The molecule has 1 fully saturated rings. The van der Waals surface area contributed by atoms with Crippen LogP contribution in [0.1, 0.15) is 30.9 Å². The minimum Gasteiger partial charge on any atom is -0.497 e. The molecule has 4 nitrogen and oxygen atoms in total.